The molecule has 5 heteroatoms. The van der Waals surface area contributed by atoms with Gasteiger partial charge in [-0.3, -0.25) is 9.59 Å². The maximum Gasteiger partial charge on any atom is 0.329 e. The number of amides is 1. The maximum atomic E-state index is 12.4. The zero-order valence-electron chi connectivity index (χ0n) is 13.0. The molecule has 2 atom stereocenters. The minimum Gasteiger partial charge on any atom is -0.459 e. The van der Waals surface area contributed by atoms with Crippen LogP contribution in [0.5, 0.6) is 0 Å². The fourth-order valence-corrected chi connectivity index (χ4v) is 2.69. The normalized spacial score (nSPS) is 19.6. The van der Waals surface area contributed by atoms with Crippen LogP contribution in [-0.2, 0) is 20.9 Å². The second-order valence-corrected chi connectivity index (χ2v) is 5.67. The Morgan fingerprint density at radius 3 is 2.29 bits per heavy atom. The number of ketones is 1. The van der Waals surface area contributed by atoms with E-state index in [2.05, 4.69) is 5.32 Å². The number of nitrogens with one attached hydrogen (secondary N) is 1. The number of Topliss-reactive ketones (excluding diaryl/α,β-unsaturated/α-hetero) is 1. The Bertz CT molecular complexity index is 742. The third kappa shape index (κ3) is 3.51. The van der Waals surface area contributed by atoms with Gasteiger partial charge in [-0.25, -0.2) is 4.79 Å². The Labute approximate surface area is 139 Å². The van der Waals surface area contributed by atoms with Crippen molar-refractivity contribution < 1.29 is 19.1 Å². The summed E-state index contributed by atoms with van der Waals surface area (Å²) in [4.78, 5) is 36.6. The summed E-state index contributed by atoms with van der Waals surface area (Å²) in [7, 11) is 0. The average molecular weight is 323 g/mol. The second kappa shape index (κ2) is 7.08. The number of carbonyl (C=O) groups is 3. The third-order valence-electron chi connectivity index (χ3n) is 3.99. The minimum absolute atomic E-state index is 0.125. The van der Waals surface area contributed by atoms with Crippen molar-refractivity contribution in [1.82, 2.24) is 5.32 Å². The fourth-order valence-electron chi connectivity index (χ4n) is 2.69. The first kappa shape index (κ1) is 15.9. The summed E-state index contributed by atoms with van der Waals surface area (Å²) in [6.07, 6.45) is 0.125. The summed E-state index contributed by atoms with van der Waals surface area (Å²) >= 11 is 0. The molecular formula is C19H17NO4. The molecule has 1 amide bonds. The monoisotopic (exact) mass is 323 g/mol. The molecule has 5 nitrogen and oxygen atoms in total. The molecule has 2 aromatic rings. The molecule has 122 valence electrons. The van der Waals surface area contributed by atoms with E-state index in [0.717, 1.165) is 5.56 Å². The van der Waals surface area contributed by atoms with Crippen LogP contribution in [0.25, 0.3) is 0 Å². The van der Waals surface area contributed by atoms with E-state index in [1.54, 1.807) is 30.3 Å². The smallest absolute Gasteiger partial charge is 0.329 e. The van der Waals surface area contributed by atoms with Crippen molar-refractivity contribution >= 4 is 17.7 Å². The number of benzene rings is 2. The summed E-state index contributed by atoms with van der Waals surface area (Å²) in [6.45, 7) is 0.142. The molecule has 1 saturated heterocycles. The summed E-state index contributed by atoms with van der Waals surface area (Å²) in [5.74, 6) is -2.06. The number of ether oxygens (including phenoxy) is 1. The van der Waals surface area contributed by atoms with Crippen LogP contribution < -0.4 is 5.32 Å². The molecule has 2 aromatic carbocycles. The van der Waals surface area contributed by atoms with Gasteiger partial charge in [-0.2, -0.15) is 0 Å². The van der Waals surface area contributed by atoms with Gasteiger partial charge in [0.05, 0.1) is 0 Å². The van der Waals surface area contributed by atoms with E-state index in [0.29, 0.717) is 5.56 Å². The quantitative estimate of drug-likeness (QED) is 0.520. The number of hydrogen-bond acceptors (Lipinski definition) is 4. The van der Waals surface area contributed by atoms with Gasteiger partial charge in [0.25, 0.3) is 0 Å². The lowest BCUT2D eigenvalue weighted by Crippen LogP contribution is -2.34. The molecule has 0 aromatic heterocycles. The van der Waals surface area contributed by atoms with Gasteiger partial charge in [-0.05, 0) is 12.0 Å². The van der Waals surface area contributed by atoms with E-state index in [1.807, 2.05) is 30.3 Å². The zero-order chi connectivity index (χ0) is 16.9. The van der Waals surface area contributed by atoms with Gasteiger partial charge in [-0.15, -0.1) is 0 Å². The number of carbonyl (C=O) groups excluding carboxylic acids is 3. The Morgan fingerprint density at radius 1 is 1.00 bits per heavy atom. The molecule has 1 aliphatic rings. The first-order valence-electron chi connectivity index (χ1n) is 7.75. The molecule has 0 saturated carbocycles. The van der Waals surface area contributed by atoms with E-state index in [9.17, 15) is 14.4 Å². The predicted octanol–water partition coefficient (Wildman–Crippen LogP) is 2.12. The SMILES string of the molecule is O=C(OCc1ccccc1)C1CC(C(=O)c2ccccc2)C(=O)N1. The largest absolute Gasteiger partial charge is 0.459 e. The lowest BCUT2D eigenvalue weighted by Gasteiger charge is -2.10. The number of esters is 1. The molecule has 0 spiro atoms. The highest BCUT2D eigenvalue weighted by Crippen LogP contribution is 2.21. The first-order chi connectivity index (χ1) is 11.6. The van der Waals surface area contributed by atoms with Crippen LogP contribution >= 0.6 is 0 Å². The van der Waals surface area contributed by atoms with Crippen molar-refractivity contribution in [3.05, 3.63) is 71.8 Å². The van der Waals surface area contributed by atoms with Crippen molar-refractivity contribution in [1.29, 1.82) is 0 Å². The Balaban J connectivity index is 1.60. The van der Waals surface area contributed by atoms with E-state index >= 15 is 0 Å². The van der Waals surface area contributed by atoms with Crippen molar-refractivity contribution in [3.8, 4) is 0 Å². The minimum atomic E-state index is -0.846. The average Bonchev–Trinajstić information content (AvgIpc) is 3.02. The molecule has 24 heavy (non-hydrogen) atoms. The number of hydrogen-bond donors (Lipinski definition) is 1. The Morgan fingerprint density at radius 2 is 1.62 bits per heavy atom. The molecule has 1 aliphatic heterocycles. The molecule has 1 N–H and O–H groups in total. The van der Waals surface area contributed by atoms with Crippen LogP contribution in [0.1, 0.15) is 22.3 Å². The van der Waals surface area contributed by atoms with Gasteiger partial charge in [0, 0.05) is 5.56 Å². The Kier molecular flexibility index (Phi) is 4.70. The molecule has 3 rings (SSSR count). The van der Waals surface area contributed by atoms with E-state index in [4.69, 9.17) is 4.74 Å². The van der Waals surface area contributed by atoms with Crippen LogP contribution in [0.2, 0.25) is 0 Å². The topological polar surface area (TPSA) is 72.5 Å². The van der Waals surface area contributed by atoms with Gasteiger partial charge in [-0.1, -0.05) is 60.7 Å². The number of rotatable bonds is 5. The highest BCUT2D eigenvalue weighted by molar-refractivity contribution is 6.12. The molecule has 0 aliphatic carbocycles. The van der Waals surface area contributed by atoms with Crippen molar-refractivity contribution in [3.63, 3.8) is 0 Å². The predicted molar refractivity (Wildman–Crippen MR) is 87.0 cm³/mol. The third-order valence-corrected chi connectivity index (χ3v) is 3.99. The fraction of sp³-hybridized carbons (Fsp3) is 0.211. The first-order valence-corrected chi connectivity index (χ1v) is 7.75. The highest BCUT2D eigenvalue weighted by Gasteiger charge is 2.41. The van der Waals surface area contributed by atoms with E-state index < -0.39 is 23.8 Å². The van der Waals surface area contributed by atoms with Gasteiger partial charge >= 0.3 is 5.97 Å². The maximum absolute atomic E-state index is 12.4. The second-order valence-electron chi connectivity index (χ2n) is 5.67. The summed E-state index contributed by atoms with van der Waals surface area (Å²) in [5, 5.41) is 2.56. The molecule has 1 fully saturated rings. The summed E-state index contributed by atoms with van der Waals surface area (Å²) in [6, 6.07) is 17.1. The van der Waals surface area contributed by atoms with Crippen LogP contribution in [0, 0.1) is 5.92 Å². The lowest BCUT2D eigenvalue weighted by molar-refractivity contribution is -0.147. The standard InChI is InChI=1S/C19H17NO4/c21-17(14-9-5-2-6-10-14)15-11-16(20-18(15)22)19(23)24-12-13-7-3-1-4-8-13/h1-10,15-16H,11-12H2,(H,20,22). The van der Waals surface area contributed by atoms with Gasteiger partial charge in [0.2, 0.25) is 5.91 Å². The Hall–Kier alpha value is -2.95. The lowest BCUT2D eigenvalue weighted by atomic mass is 9.94. The van der Waals surface area contributed by atoms with Crippen molar-refractivity contribution in [2.24, 2.45) is 5.92 Å². The van der Waals surface area contributed by atoms with Crippen LogP contribution in [0.3, 0.4) is 0 Å². The van der Waals surface area contributed by atoms with Gasteiger partial charge < -0.3 is 10.1 Å². The van der Waals surface area contributed by atoms with Gasteiger partial charge in [0.1, 0.15) is 18.6 Å². The van der Waals surface area contributed by atoms with Crippen LogP contribution in [0.4, 0.5) is 0 Å². The van der Waals surface area contributed by atoms with Crippen LogP contribution in [-0.4, -0.2) is 23.7 Å². The molecule has 1 heterocycles. The van der Waals surface area contributed by atoms with Crippen molar-refractivity contribution in [2.75, 3.05) is 0 Å². The van der Waals surface area contributed by atoms with Crippen molar-refractivity contribution in [2.45, 2.75) is 19.1 Å². The molecular weight excluding hydrogens is 306 g/mol. The van der Waals surface area contributed by atoms with Crippen LogP contribution in [0.15, 0.2) is 60.7 Å². The molecule has 0 bridgehead atoms. The molecule has 2 unspecified atom stereocenters. The summed E-state index contributed by atoms with van der Waals surface area (Å²) < 4.78 is 5.23. The zero-order valence-corrected chi connectivity index (χ0v) is 13.0. The highest BCUT2D eigenvalue weighted by atomic mass is 16.5. The van der Waals surface area contributed by atoms with Gasteiger partial charge in [0.15, 0.2) is 5.78 Å². The van der Waals surface area contributed by atoms with E-state index in [1.165, 1.54) is 0 Å². The van der Waals surface area contributed by atoms with E-state index in [-0.39, 0.29) is 18.8 Å². The molecule has 0 radical (unpaired) electrons. The summed E-state index contributed by atoms with van der Waals surface area (Å²) in [5.41, 5.74) is 1.34.